The zero-order valence-corrected chi connectivity index (χ0v) is 14.7. The van der Waals surface area contributed by atoms with Gasteiger partial charge in [0.05, 0.1) is 10.7 Å². The second-order valence-electron chi connectivity index (χ2n) is 6.09. The van der Waals surface area contributed by atoms with Gasteiger partial charge in [0.1, 0.15) is 11.5 Å². The molecule has 6 heteroatoms. The lowest BCUT2D eigenvalue weighted by molar-refractivity contribution is 0.0946. The van der Waals surface area contributed by atoms with E-state index >= 15 is 0 Å². The first-order chi connectivity index (χ1) is 10.9. The van der Waals surface area contributed by atoms with Crippen LogP contribution in [-0.2, 0) is 13.0 Å². The van der Waals surface area contributed by atoms with E-state index in [0.29, 0.717) is 17.3 Å². The molecule has 0 aliphatic rings. The fraction of sp³-hybridized carbons (Fsp3) is 0.412. The number of carbonyl (C=O) groups is 1. The lowest BCUT2D eigenvalue weighted by atomic mass is 10.1. The molecule has 1 aromatic heterocycles. The van der Waals surface area contributed by atoms with Crippen LogP contribution in [0.4, 0.5) is 10.1 Å². The van der Waals surface area contributed by atoms with Crippen molar-refractivity contribution in [1.82, 2.24) is 10.3 Å². The summed E-state index contributed by atoms with van der Waals surface area (Å²) in [6.45, 7) is 4.51. The van der Waals surface area contributed by atoms with Gasteiger partial charge in [-0.2, -0.15) is 0 Å². The van der Waals surface area contributed by atoms with E-state index < -0.39 is 0 Å². The smallest absolute Gasteiger partial charge is 0.271 e. The minimum atomic E-state index is -0.297. The monoisotopic (exact) mass is 335 g/mol. The zero-order chi connectivity index (χ0) is 17.0. The summed E-state index contributed by atoms with van der Waals surface area (Å²) in [5, 5.41) is 5.51. The third-order valence-electron chi connectivity index (χ3n) is 3.31. The van der Waals surface area contributed by atoms with E-state index in [0.717, 1.165) is 17.0 Å². The number of hydrogen-bond acceptors (Lipinski definition) is 4. The number of amides is 1. The second-order valence-corrected chi connectivity index (χ2v) is 7.03. The highest BCUT2D eigenvalue weighted by atomic mass is 32.1. The Kier molecular flexibility index (Phi) is 5.71. The maximum Gasteiger partial charge on any atom is 0.271 e. The fourth-order valence-corrected chi connectivity index (χ4v) is 3.14. The van der Waals surface area contributed by atoms with Gasteiger partial charge in [-0.05, 0) is 23.6 Å². The largest absolute Gasteiger partial charge is 0.375 e. The molecule has 2 aromatic rings. The quantitative estimate of drug-likeness (QED) is 0.879. The third-order valence-corrected chi connectivity index (χ3v) is 4.19. The van der Waals surface area contributed by atoms with E-state index in [1.165, 1.54) is 17.4 Å². The van der Waals surface area contributed by atoms with Gasteiger partial charge in [-0.1, -0.05) is 19.9 Å². The van der Waals surface area contributed by atoms with E-state index in [1.54, 1.807) is 30.4 Å². The molecule has 0 aliphatic heterocycles. The summed E-state index contributed by atoms with van der Waals surface area (Å²) in [6.07, 6.45) is 0.870. The van der Waals surface area contributed by atoms with Crippen molar-refractivity contribution in [3.63, 3.8) is 0 Å². The molecule has 0 fully saturated rings. The molecule has 0 radical (unpaired) electrons. The number of hydrogen-bond donors (Lipinski definition) is 1. The third kappa shape index (κ3) is 4.76. The van der Waals surface area contributed by atoms with Gasteiger partial charge in [-0.15, -0.1) is 11.3 Å². The first kappa shape index (κ1) is 17.4. The number of aromatic nitrogens is 1. The molecule has 0 saturated heterocycles. The molecule has 1 N–H and O–H groups in total. The summed E-state index contributed by atoms with van der Waals surface area (Å²) in [4.78, 5) is 18.2. The molecule has 1 heterocycles. The van der Waals surface area contributed by atoms with Gasteiger partial charge in [0, 0.05) is 32.4 Å². The van der Waals surface area contributed by atoms with Crippen LogP contribution < -0.4 is 10.2 Å². The van der Waals surface area contributed by atoms with Crippen molar-refractivity contribution in [3.05, 3.63) is 45.7 Å². The van der Waals surface area contributed by atoms with Crippen molar-refractivity contribution in [2.75, 3.05) is 19.0 Å². The molecule has 4 nitrogen and oxygen atoms in total. The van der Waals surface area contributed by atoms with Gasteiger partial charge in [0.25, 0.3) is 5.91 Å². The molecule has 0 atom stereocenters. The Morgan fingerprint density at radius 1 is 1.39 bits per heavy atom. The van der Waals surface area contributed by atoms with E-state index in [9.17, 15) is 9.18 Å². The van der Waals surface area contributed by atoms with Crippen molar-refractivity contribution in [3.8, 4) is 0 Å². The Bertz CT molecular complexity index is 682. The Hall–Kier alpha value is -1.95. The summed E-state index contributed by atoms with van der Waals surface area (Å²) in [6, 6.07) is 4.96. The molecule has 124 valence electrons. The molecule has 0 saturated carbocycles. The normalized spacial score (nSPS) is 10.9. The highest BCUT2D eigenvalue weighted by Crippen LogP contribution is 2.18. The standard InChI is InChI=1S/C17H22FN3OS/c1-11(2)7-16-20-14(10-23-16)17(22)19-9-12-5-6-15(21(3)4)13(18)8-12/h5-6,8,10-11H,7,9H2,1-4H3,(H,19,22). The molecule has 0 unspecified atom stereocenters. The highest BCUT2D eigenvalue weighted by Gasteiger charge is 2.12. The average molecular weight is 335 g/mol. The zero-order valence-electron chi connectivity index (χ0n) is 13.9. The van der Waals surface area contributed by atoms with Crippen molar-refractivity contribution >= 4 is 22.9 Å². The predicted octanol–water partition coefficient (Wildman–Crippen LogP) is 3.48. The molecular weight excluding hydrogens is 313 g/mol. The van der Waals surface area contributed by atoms with Crippen LogP contribution in [0.3, 0.4) is 0 Å². The van der Waals surface area contributed by atoms with Crippen LogP contribution in [-0.4, -0.2) is 25.0 Å². The number of thiazole rings is 1. The average Bonchev–Trinajstić information content (AvgIpc) is 2.92. The van der Waals surface area contributed by atoms with E-state index in [4.69, 9.17) is 0 Å². The van der Waals surface area contributed by atoms with Gasteiger partial charge >= 0.3 is 0 Å². The Labute approximate surface area is 140 Å². The van der Waals surface area contributed by atoms with Crippen molar-refractivity contribution in [1.29, 1.82) is 0 Å². The summed E-state index contributed by atoms with van der Waals surface area (Å²) >= 11 is 1.50. The number of anilines is 1. The van der Waals surface area contributed by atoms with Crippen molar-refractivity contribution < 1.29 is 9.18 Å². The Morgan fingerprint density at radius 3 is 2.74 bits per heavy atom. The fourth-order valence-electron chi connectivity index (χ4n) is 2.15. The van der Waals surface area contributed by atoms with Crippen molar-refractivity contribution in [2.45, 2.75) is 26.8 Å². The molecule has 0 bridgehead atoms. The minimum Gasteiger partial charge on any atom is -0.375 e. The number of benzene rings is 1. The van der Waals surface area contributed by atoms with Gasteiger partial charge in [0.15, 0.2) is 0 Å². The number of carbonyl (C=O) groups excluding carboxylic acids is 1. The molecule has 2 rings (SSSR count). The van der Waals surface area contributed by atoms with Crippen molar-refractivity contribution in [2.24, 2.45) is 5.92 Å². The maximum atomic E-state index is 13.9. The second kappa shape index (κ2) is 7.55. The van der Waals surface area contributed by atoms with Gasteiger partial charge in [0.2, 0.25) is 0 Å². The summed E-state index contributed by atoms with van der Waals surface area (Å²) < 4.78 is 13.9. The summed E-state index contributed by atoms with van der Waals surface area (Å²) in [5.74, 6) is -0.0155. The lowest BCUT2D eigenvalue weighted by Gasteiger charge is -2.14. The number of halogens is 1. The predicted molar refractivity (Wildman–Crippen MR) is 92.6 cm³/mol. The summed E-state index contributed by atoms with van der Waals surface area (Å²) in [7, 11) is 3.58. The first-order valence-corrected chi connectivity index (χ1v) is 8.43. The van der Waals surface area contributed by atoms with Crippen LogP contribution >= 0.6 is 11.3 Å². The molecule has 23 heavy (non-hydrogen) atoms. The van der Waals surface area contributed by atoms with Crippen LogP contribution in [0.15, 0.2) is 23.6 Å². The SMILES string of the molecule is CC(C)Cc1nc(C(=O)NCc2ccc(N(C)C)c(F)c2)cs1. The molecule has 0 spiro atoms. The number of nitrogens with zero attached hydrogens (tertiary/aromatic N) is 2. The van der Waals surface area contributed by atoms with E-state index in [-0.39, 0.29) is 18.3 Å². The Morgan fingerprint density at radius 2 is 2.13 bits per heavy atom. The van der Waals surface area contributed by atoms with E-state index in [1.807, 2.05) is 6.07 Å². The van der Waals surface area contributed by atoms with Crippen LogP contribution in [0.1, 0.15) is 34.9 Å². The molecule has 0 aliphatic carbocycles. The van der Waals surface area contributed by atoms with Gasteiger partial charge in [-0.3, -0.25) is 4.79 Å². The van der Waals surface area contributed by atoms with Crippen LogP contribution in [0, 0.1) is 11.7 Å². The number of rotatable bonds is 6. The maximum absolute atomic E-state index is 13.9. The summed E-state index contributed by atoms with van der Waals surface area (Å²) in [5.41, 5.74) is 1.67. The van der Waals surface area contributed by atoms with Gasteiger partial charge < -0.3 is 10.2 Å². The first-order valence-electron chi connectivity index (χ1n) is 7.55. The molecule has 1 aromatic carbocycles. The molecule has 1 amide bonds. The number of nitrogens with one attached hydrogen (secondary N) is 1. The van der Waals surface area contributed by atoms with Gasteiger partial charge in [-0.25, -0.2) is 9.37 Å². The van der Waals surface area contributed by atoms with Crippen LogP contribution in [0.25, 0.3) is 0 Å². The Balaban J connectivity index is 1.96. The lowest BCUT2D eigenvalue weighted by Crippen LogP contribution is -2.23. The molecular formula is C17H22FN3OS. The van der Waals surface area contributed by atoms with Crippen LogP contribution in [0.2, 0.25) is 0 Å². The highest BCUT2D eigenvalue weighted by molar-refractivity contribution is 7.09. The minimum absolute atomic E-state index is 0.228. The van der Waals surface area contributed by atoms with Crippen LogP contribution in [0.5, 0.6) is 0 Å². The van der Waals surface area contributed by atoms with E-state index in [2.05, 4.69) is 24.1 Å². The topological polar surface area (TPSA) is 45.2 Å².